The number of fused-ring (bicyclic) bond motifs is 3. The minimum atomic E-state index is -1.47. The molecule has 0 amide bonds. The molecule has 4 aromatic heterocycles. The van der Waals surface area contributed by atoms with Crippen LogP contribution in [-0.2, 0) is 30.4 Å². The van der Waals surface area contributed by atoms with Gasteiger partial charge in [-0.25, -0.2) is 9.97 Å². The number of aromatic nitrogens is 6. The van der Waals surface area contributed by atoms with E-state index in [0.717, 1.165) is 39.4 Å². The molecule has 0 bridgehead atoms. The lowest BCUT2D eigenvalue weighted by molar-refractivity contribution is -0.286. The van der Waals surface area contributed by atoms with Crippen molar-refractivity contribution < 1.29 is 43.4 Å². The van der Waals surface area contributed by atoms with Gasteiger partial charge in [-0.1, -0.05) is 129 Å². The number of terminal acetylenes is 1. The molecule has 3 fully saturated rings. The van der Waals surface area contributed by atoms with Crippen LogP contribution in [0.5, 0.6) is 12.0 Å². The van der Waals surface area contributed by atoms with Gasteiger partial charge in [0.25, 0.3) is 6.01 Å². The van der Waals surface area contributed by atoms with Gasteiger partial charge in [0, 0.05) is 55.3 Å². The van der Waals surface area contributed by atoms with Gasteiger partial charge in [0.2, 0.25) is 0 Å². The van der Waals surface area contributed by atoms with E-state index in [1.807, 2.05) is 89.5 Å². The molecule has 0 saturated carbocycles. The minimum Gasteiger partial charge on any atom is -0.459 e. The Morgan fingerprint density at radius 1 is 0.760 bits per heavy atom. The van der Waals surface area contributed by atoms with Gasteiger partial charge in [0.05, 0.1) is 71.1 Å². The van der Waals surface area contributed by atoms with Crippen LogP contribution >= 0.6 is 23.2 Å². The molecule has 10 rings (SSSR count). The Balaban J connectivity index is 0.000000209. The molecule has 7 atom stereocenters. The lowest BCUT2D eigenvalue weighted by Gasteiger charge is -2.41. The monoisotopic (exact) mass is 1090 g/mol. The predicted octanol–water partition coefficient (Wildman–Crippen LogP) is 10.1. The van der Waals surface area contributed by atoms with Gasteiger partial charge in [-0.3, -0.25) is 4.57 Å². The van der Waals surface area contributed by atoms with Crippen LogP contribution in [0.2, 0.25) is 55.4 Å². The summed E-state index contributed by atoms with van der Waals surface area (Å²) in [7, 11) is -2.73. The van der Waals surface area contributed by atoms with E-state index in [4.69, 9.17) is 77.9 Å². The number of H-pyrrole nitrogens is 1. The Morgan fingerprint density at radius 2 is 1.43 bits per heavy atom. The summed E-state index contributed by atoms with van der Waals surface area (Å²) in [6.07, 6.45) is 3.58. The standard InChI is InChI=1S/C36H44ClN3O5Si2.C20H18ClN3O4/c1-46(2,3)18-16-25-12-14-26(15-13-25)33-29(37)21-30-34(38-33)39-36(40(30)24-41-17-19-47(4,5)6)44-28-20-31-32(42-22-28)23-43-35(45-31)27-10-8-7-9-11-27;1-2-11-3-5-12(6-4-11)18-14(21)8-15-19(23-18)24-20(22-15)28-13-7-16(26)17(9-25)27-10-13/h7-15,21,28,31-32,35H,17,19-20,22-24H2,1-6H3;1,3-6,8,13,16-17,25-26H,7,9-10H2,(H,22,23,24)/t28-,31+,32-,35?;13-,16+,17-/m11/s1. The van der Waals surface area contributed by atoms with Crippen molar-refractivity contribution in [1.29, 1.82) is 0 Å². The van der Waals surface area contributed by atoms with Gasteiger partial charge in [-0.15, -0.1) is 12.0 Å². The lowest BCUT2D eigenvalue weighted by Crippen LogP contribution is -2.50. The van der Waals surface area contributed by atoms with E-state index in [0.29, 0.717) is 76.9 Å². The van der Waals surface area contributed by atoms with Crippen molar-refractivity contribution in [1.82, 2.24) is 29.5 Å². The summed E-state index contributed by atoms with van der Waals surface area (Å²) < 4.78 is 44.3. The van der Waals surface area contributed by atoms with Gasteiger partial charge in [-0.05, 0) is 42.4 Å². The molecular formula is C56H62Cl2N6O9Si2. The first-order valence-electron chi connectivity index (χ1n) is 25.1. The Hall–Kier alpha value is -5.65. The van der Waals surface area contributed by atoms with E-state index in [9.17, 15) is 5.11 Å². The number of pyridine rings is 2. The Morgan fingerprint density at radius 3 is 2.09 bits per heavy atom. The molecule has 3 N–H and O–H groups in total. The number of halogens is 2. The summed E-state index contributed by atoms with van der Waals surface area (Å²) in [5.74, 6) is 5.88. The van der Waals surface area contributed by atoms with Gasteiger partial charge in [0.1, 0.15) is 39.2 Å². The molecule has 19 heteroatoms. The lowest BCUT2D eigenvalue weighted by atomic mass is 10.0. The molecule has 1 unspecified atom stereocenters. The van der Waals surface area contributed by atoms with Crippen molar-refractivity contribution in [2.75, 3.05) is 33.0 Å². The van der Waals surface area contributed by atoms with E-state index in [2.05, 4.69) is 71.6 Å². The van der Waals surface area contributed by atoms with Crippen LogP contribution in [0.25, 0.3) is 44.8 Å². The molecule has 3 aromatic carbocycles. The third-order valence-electron chi connectivity index (χ3n) is 12.7. The Bertz CT molecular complexity index is 3190. The molecule has 392 valence electrons. The van der Waals surface area contributed by atoms with E-state index in [-0.39, 0.29) is 50.4 Å². The van der Waals surface area contributed by atoms with Crippen molar-refractivity contribution in [2.45, 2.75) is 108 Å². The van der Waals surface area contributed by atoms with E-state index >= 15 is 0 Å². The van der Waals surface area contributed by atoms with Crippen molar-refractivity contribution in [3.63, 3.8) is 0 Å². The smallest absolute Gasteiger partial charge is 0.301 e. The average molecular weight is 1090 g/mol. The van der Waals surface area contributed by atoms with Crippen molar-refractivity contribution in [3.05, 3.63) is 118 Å². The largest absolute Gasteiger partial charge is 0.459 e. The number of hydrogen-bond donors (Lipinski definition) is 3. The van der Waals surface area contributed by atoms with E-state index < -0.39 is 34.6 Å². The summed E-state index contributed by atoms with van der Waals surface area (Å²) in [5, 5.41) is 20.1. The third kappa shape index (κ3) is 13.9. The summed E-state index contributed by atoms with van der Waals surface area (Å²) in [4.78, 5) is 21.7. The molecule has 3 saturated heterocycles. The molecule has 7 heterocycles. The van der Waals surface area contributed by atoms with Crippen molar-refractivity contribution >= 4 is 61.7 Å². The summed E-state index contributed by atoms with van der Waals surface area (Å²) in [6.45, 7) is 15.5. The van der Waals surface area contributed by atoms with Crippen LogP contribution in [0.4, 0.5) is 0 Å². The summed E-state index contributed by atoms with van der Waals surface area (Å²) in [5.41, 5.74) is 11.5. The first-order valence-corrected chi connectivity index (χ1v) is 33.0. The molecule has 15 nitrogen and oxygen atoms in total. The van der Waals surface area contributed by atoms with Gasteiger partial charge in [-0.2, -0.15) is 9.97 Å². The number of nitrogens with one attached hydrogen (secondary N) is 1. The minimum absolute atomic E-state index is 0.144. The highest BCUT2D eigenvalue weighted by atomic mass is 35.5. The SMILES string of the molecule is C#Cc1ccc(-c2nc3nc(O[C@H]4CO[C@H](CO)[C@@H](O)C4)[nH]c3cc2Cl)cc1.C[Si](C)(C)C#Cc1ccc(-c2nc3nc(O[C@H]4CO[C@@H]5COC(c6ccccc6)O[C@H]5C4)n(COCC[Si](C)(C)C)c3cc2Cl)cc1. The maximum absolute atomic E-state index is 9.96. The van der Waals surface area contributed by atoms with Crippen LogP contribution in [0.1, 0.15) is 35.8 Å². The number of hydrogen-bond acceptors (Lipinski definition) is 13. The highest BCUT2D eigenvalue weighted by Crippen LogP contribution is 2.36. The van der Waals surface area contributed by atoms with Gasteiger partial charge in [0.15, 0.2) is 17.6 Å². The number of benzene rings is 3. The number of ether oxygens (including phenoxy) is 7. The topological polar surface area (TPSA) is 177 Å². The quantitative estimate of drug-likeness (QED) is 0.0565. The first kappa shape index (κ1) is 54.2. The first-order chi connectivity index (χ1) is 36.0. The number of rotatable bonds is 13. The summed E-state index contributed by atoms with van der Waals surface area (Å²) in [6, 6.07) is 30.8. The zero-order chi connectivity index (χ0) is 52.9. The van der Waals surface area contributed by atoms with Crippen molar-refractivity contribution in [2.24, 2.45) is 0 Å². The fraction of sp³-hybridized carbons (Fsp3) is 0.393. The molecule has 3 aliphatic rings. The average Bonchev–Trinajstić information content (AvgIpc) is 3.94. The number of aliphatic hydroxyl groups excluding tert-OH is 2. The predicted molar refractivity (Wildman–Crippen MR) is 295 cm³/mol. The van der Waals surface area contributed by atoms with Gasteiger partial charge < -0.3 is 48.4 Å². The van der Waals surface area contributed by atoms with E-state index in [1.54, 1.807) is 6.07 Å². The third-order valence-corrected chi connectivity index (χ3v) is 15.9. The number of aliphatic hydroxyl groups is 2. The normalized spacial score (nSPS) is 21.8. The molecule has 75 heavy (non-hydrogen) atoms. The molecule has 3 aliphatic heterocycles. The van der Waals surface area contributed by atoms with Crippen LogP contribution in [0, 0.1) is 23.8 Å². The fourth-order valence-electron chi connectivity index (χ4n) is 8.56. The molecule has 7 aromatic rings. The van der Waals surface area contributed by atoms with Crippen molar-refractivity contribution in [3.8, 4) is 58.3 Å². The van der Waals surface area contributed by atoms with E-state index in [1.165, 1.54) is 0 Å². The zero-order valence-corrected chi connectivity index (χ0v) is 46.4. The number of aromatic amines is 1. The van der Waals surface area contributed by atoms with Gasteiger partial charge >= 0.3 is 6.01 Å². The highest BCUT2D eigenvalue weighted by molar-refractivity contribution is 6.83. The second-order valence-corrected chi connectivity index (χ2v) is 32.2. The number of imidazole rings is 2. The highest BCUT2D eigenvalue weighted by Gasteiger charge is 2.40. The van der Waals surface area contributed by atoms with Crippen LogP contribution in [0.3, 0.4) is 0 Å². The second kappa shape index (κ2) is 23.7. The molecule has 0 radical (unpaired) electrons. The zero-order valence-electron chi connectivity index (χ0n) is 42.9. The van der Waals surface area contributed by atoms with Crippen LogP contribution < -0.4 is 9.47 Å². The maximum Gasteiger partial charge on any atom is 0.301 e. The molecule has 0 spiro atoms. The molecule has 0 aliphatic carbocycles. The van der Waals surface area contributed by atoms with Crippen LogP contribution in [0.15, 0.2) is 91.0 Å². The Labute approximate surface area is 449 Å². The second-order valence-electron chi connectivity index (χ2n) is 21.1. The maximum atomic E-state index is 9.96. The Kier molecular flexibility index (Phi) is 17.1. The van der Waals surface area contributed by atoms with Crippen LogP contribution in [-0.4, -0.2) is 126 Å². The molecular weight excluding hydrogens is 1030 g/mol. The number of nitrogens with zero attached hydrogens (tertiary/aromatic N) is 5. The summed E-state index contributed by atoms with van der Waals surface area (Å²) >= 11 is 13.3. The fourth-order valence-corrected chi connectivity index (χ4v) is 10.4.